The zero-order valence-electron chi connectivity index (χ0n) is 12.1. The third-order valence-corrected chi connectivity index (χ3v) is 3.21. The molecule has 4 heteroatoms. The normalized spacial score (nSPS) is 11.1. The fraction of sp³-hybridized carbons (Fsp3) is 0.111. The molecule has 0 spiro atoms. The van der Waals surface area contributed by atoms with Gasteiger partial charge in [0.1, 0.15) is 5.57 Å². The lowest BCUT2D eigenvalue weighted by Gasteiger charge is -2.07. The number of benzene rings is 2. The van der Waals surface area contributed by atoms with Crippen LogP contribution in [0.5, 0.6) is 0 Å². The number of carbonyl (C=O) groups is 2. The number of carbonyl (C=O) groups excluding carboxylic acids is 2. The van der Waals surface area contributed by atoms with Crippen LogP contribution in [0.25, 0.3) is 6.08 Å². The molecule has 0 amide bonds. The van der Waals surface area contributed by atoms with Gasteiger partial charge in [0.25, 0.3) is 0 Å². The van der Waals surface area contributed by atoms with Crippen molar-refractivity contribution in [3.05, 3.63) is 76.3 Å². The fourth-order valence-corrected chi connectivity index (χ4v) is 2.02. The van der Waals surface area contributed by atoms with Crippen molar-refractivity contribution in [1.82, 2.24) is 0 Å². The summed E-state index contributed by atoms with van der Waals surface area (Å²) in [5.74, 6) is -1.000. The van der Waals surface area contributed by atoms with E-state index in [2.05, 4.69) is 0 Å². The minimum Gasteiger partial charge on any atom is -0.462 e. The predicted octanol–water partition coefficient (Wildman–Crippen LogP) is 4.17. The number of hydrogen-bond acceptors (Lipinski definition) is 3. The maximum atomic E-state index is 12.5. The fourth-order valence-electron chi connectivity index (χ4n) is 1.90. The van der Waals surface area contributed by atoms with Gasteiger partial charge in [0, 0.05) is 10.6 Å². The average molecular weight is 315 g/mol. The molecule has 3 nitrogen and oxygen atoms in total. The number of esters is 1. The highest BCUT2D eigenvalue weighted by atomic mass is 35.5. The zero-order valence-corrected chi connectivity index (χ0v) is 12.8. The van der Waals surface area contributed by atoms with E-state index in [1.54, 1.807) is 55.5 Å². The lowest BCUT2D eigenvalue weighted by molar-refractivity contribution is -0.137. The summed E-state index contributed by atoms with van der Waals surface area (Å²) < 4.78 is 4.99. The van der Waals surface area contributed by atoms with Crippen LogP contribution < -0.4 is 0 Å². The van der Waals surface area contributed by atoms with Gasteiger partial charge in [-0.05, 0) is 30.7 Å². The lowest BCUT2D eigenvalue weighted by atomic mass is 10.0. The van der Waals surface area contributed by atoms with Crippen LogP contribution in [0.1, 0.15) is 22.8 Å². The van der Waals surface area contributed by atoms with Gasteiger partial charge in [0.15, 0.2) is 5.78 Å². The Morgan fingerprint density at radius 3 is 2.27 bits per heavy atom. The van der Waals surface area contributed by atoms with Gasteiger partial charge in [-0.25, -0.2) is 4.79 Å². The highest BCUT2D eigenvalue weighted by molar-refractivity contribution is 6.30. The van der Waals surface area contributed by atoms with Gasteiger partial charge in [-0.15, -0.1) is 0 Å². The van der Waals surface area contributed by atoms with Crippen molar-refractivity contribution in [2.45, 2.75) is 6.92 Å². The number of Topliss-reactive ketones (excluding diaryl/α,β-unsaturated/α-hetero) is 1. The van der Waals surface area contributed by atoms with Crippen LogP contribution in [0.4, 0.5) is 0 Å². The van der Waals surface area contributed by atoms with Crippen LogP contribution >= 0.6 is 11.6 Å². The van der Waals surface area contributed by atoms with E-state index in [4.69, 9.17) is 16.3 Å². The number of ether oxygens (including phenoxy) is 1. The second kappa shape index (κ2) is 7.57. The minimum absolute atomic E-state index is 0.00428. The van der Waals surface area contributed by atoms with Crippen LogP contribution in [-0.2, 0) is 9.53 Å². The highest BCUT2D eigenvalue weighted by Crippen LogP contribution is 2.16. The van der Waals surface area contributed by atoms with Gasteiger partial charge in [0.05, 0.1) is 6.61 Å². The molecule has 2 aromatic carbocycles. The van der Waals surface area contributed by atoms with Crippen LogP contribution in [0.15, 0.2) is 60.2 Å². The topological polar surface area (TPSA) is 43.4 Å². The molecule has 0 saturated heterocycles. The largest absolute Gasteiger partial charge is 0.462 e. The van der Waals surface area contributed by atoms with Crippen molar-refractivity contribution in [3.8, 4) is 0 Å². The van der Waals surface area contributed by atoms with E-state index >= 15 is 0 Å². The maximum absolute atomic E-state index is 12.5. The molecular formula is C18H15ClO3. The first-order valence-corrected chi connectivity index (χ1v) is 7.23. The van der Waals surface area contributed by atoms with Gasteiger partial charge in [0.2, 0.25) is 0 Å². The molecule has 2 rings (SSSR count). The molecule has 0 aliphatic carbocycles. The summed E-state index contributed by atoms with van der Waals surface area (Å²) in [5, 5.41) is 0.587. The van der Waals surface area contributed by atoms with Crippen LogP contribution in [0, 0.1) is 0 Å². The maximum Gasteiger partial charge on any atom is 0.342 e. The van der Waals surface area contributed by atoms with Crippen molar-refractivity contribution in [2.75, 3.05) is 6.61 Å². The Balaban J connectivity index is 2.40. The van der Waals surface area contributed by atoms with E-state index in [-0.39, 0.29) is 18.0 Å². The summed E-state index contributed by atoms with van der Waals surface area (Å²) in [6.45, 7) is 1.91. The average Bonchev–Trinajstić information content (AvgIpc) is 2.54. The van der Waals surface area contributed by atoms with Crippen molar-refractivity contribution in [3.63, 3.8) is 0 Å². The second-order valence-corrected chi connectivity index (χ2v) is 4.96. The van der Waals surface area contributed by atoms with Crippen molar-refractivity contribution in [2.24, 2.45) is 0 Å². The molecule has 0 atom stereocenters. The molecule has 112 valence electrons. The van der Waals surface area contributed by atoms with Crippen molar-refractivity contribution in [1.29, 1.82) is 0 Å². The molecule has 22 heavy (non-hydrogen) atoms. The summed E-state index contributed by atoms with van der Waals surface area (Å²) in [4.78, 5) is 24.6. The molecule has 0 aliphatic heterocycles. The van der Waals surface area contributed by atoms with Gasteiger partial charge in [-0.2, -0.15) is 0 Å². The van der Waals surface area contributed by atoms with Gasteiger partial charge >= 0.3 is 5.97 Å². The first-order chi connectivity index (χ1) is 10.6. The second-order valence-electron chi connectivity index (χ2n) is 4.53. The van der Waals surface area contributed by atoms with Gasteiger partial charge < -0.3 is 4.74 Å². The third-order valence-electron chi connectivity index (χ3n) is 2.96. The molecule has 0 N–H and O–H groups in total. The first-order valence-electron chi connectivity index (χ1n) is 6.86. The van der Waals surface area contributed by atoms with Crippen molar-refractivity contribution < 1.29 is 14.3 Å². The van der Waals surface area contributed by atoms with E-state index in [9.17, 15) is 9.59 Å². The molecule has 0 aliphatic rings. The number of hydrogen-bond donors (Lipinski definition) is 0. The molecular weight excluding hydrogens is 300 g/mol. The minimum atomic E-state index is -0.633. The summed E-state index contributed by atoms with van der Waals surface area (Å²) in [5.41, 5.74) is 1.14. The molecule has 0 unspecified atom stereocenters. The Kier molecular flexibility index (Phi) is 5.50. The van der Waals surface area contributed by atoms with E-state index in [0.717, 1.165) is 0 Å². The van der Waals surface area contributed by atoms with Crippen molar-refractivity contribution >= 4 is 29.4 Å². The summed E-state index contributed by atoms with van der Waals surface area (Å²) >= 11 is 5.84. The lowest BCUT2D eigenvalue weighted by Crippen LogP contribution is -2.16. The highest BCUT2D eigenvalue weighted by Gasteiger charge is 2.20. The number of rotatable bonds is 5. The van der Waals surface area contributed by atoms with E-state index in [0.29, 0.717) is 16.1 Å². The molecule has 0 saturated carbocycles. The molecule has 0 heterocycles. The van der Waals surface area contributed by atoms with Gasteiger partial charge in [-0.1, -0.05) is 54.1 Å². The Hall–Kier alpha value is -2.39. The monoisotopic (exact) mass is 314 g/mol. The quantitative estimate of drug-likeness (QED) is 0.273. The predicted molar refractivity (Wildman–Crippen MR) is 86.8 cm³/mol. The Bertz CT molecular complexity index is 688. The Labute approximate surface area is 134 Å². The molecule has 0 fully saturated rings. The number of halogens is 1. The standard InChI is InChI=1S/C18H15ClO3/c1-2-22-18(21)16(12-13-8-10-15(19)11-9-13)17(20)14-6-4-3-5-7-14/h3-12H,2H2,1H3/b16-12-. The first kappa shape index (κ1) is 16.0. The van der Waals surface area contributed by atoms with Crippen LogP contribution in [0.3, 0.4) is 0 Å². The molecule has 0 radical (unpaired) electrons. The zero-order chi connectivity index (χ0) is 15.9. The van der Waals surface area contributed by atoms with E-state index in [1.807, 2.05) is 6.07 Å². The smallest absolute Gasteiger partial charge is 0.342 e. The van der Waals surface area contributed by atoms with Crippen LogP contribution in [-0.4, -0.2) is 18.4 Å². The summed E-state index contributed by atoms with van der Waals surface area (Å²) in [6, 6.07) is 15.5. The summed E-state index contributed by atoms with van der Waals surface area (Å²) in [6.07, 6.45) is 1.52. The number of ketones is 1. The van der Waals surface area contributed by atoms with Crippen LogP contribution in [0.2, 0.25) is 5.02 Å². The Morgan fingerprint density at radius 2 is 1.68 bits per heavy atom. The van der Waals surface area contributed by atoms with E-state index in [1.165, 1.54) is 6.08 Å². The Morgan fingerprint density at radius 1 is 1.05 bits per heavy atom. The van der Waals surface area contributed by atoms with Gasteiger partial charge in [-0.3, -0.25) is 4.79 Å². The molecule has 0 aromatic heterocycles. The summed E-state index contributed by atoms with van der Waals surface area (Å²) in [7, 11) is 0. The molecule has 0 bridgehead atoms. The van der Waals surface area contributed by atoms with E-state index < -0.39 is 5.97 Å². The SMILES string of the molecule is CCOC(=O)/C(=C\c1ccc(Cl)cc1)C(=O)c1ccccc1. The third kappa shape index (κ3) is 4.06. The molecule has 2 aromatic rings.